The van der Waals surface area contributed by atoms with Crippen LogP contribution in [0, 0.1) is 0 Å². The van der Waals surface area contributed by atoms with Gasteiger partial charge < -0.3 is 10.2 Å². The molecule has 0 aliphatic carbocycles. The molecule has 0 bridgehead atoms. The van der Waals surface area contributed by atoms with Crippen LogP contribution in [-0.4, -0.2) is 29.0 Å². The number of aromatic nitrogens is 2. The van der Waals surface area contributed by atoms with Gasteiger partial charge in [-0.15, -0.1) is 0 Å². The summed E-state index contributed by atoms with van der Waals surface area (Å²) in [4.78, 5) is 23.0. The lowest BCUT2D eigenvalue weighted by molar-refractivity contribution is -0.116. The molecule has 0 radical (unpaired) electrons. The lowest BCUT2D eigenvalue weighted by atomic mass is 10.1. The summed E-state index contributed by atoms with van der Waals surface area (Å²) in [5.74, 6) is 1.44. The van der Waals surface area contributed by atoms with Crippen molar-refractivity contribution in [2.75, 3.05) is 18.0 Å². The molecule has 1 fully saturated rings. The lowest BCUT2D eigenvalue weighted by Crippen LogP contribution is -2.30. The van der Waals surface area contributed by atoms with Crippen molar-refractivity contribution >= 4 is 17.8 Å². The lowest BCUT2D eigenvalue weighted by Gasteiger charge is -2.27. The first-order valence-electron chi connectivity index (χ1n) is 8.39. The fourth-order valence-electron chi connectivity index (χ4n) is 2.73. The van der Waals surface area contributed by atoms with Gasteiger partial charge in [0.05, 0.1) is 6.54 Å². The minimum absolute atomic E-state index is 0.147. The average Bonchev–Trinajstić information content (AvgIpc) is 2.66. The van der Waals surface area contributed by atoms with Gasteiger partial charge in [0.2, 0.25) is 5.91 Å². The van der Waals surface area contributed by atoms with Crippen LogP contribution in [0.15, 0.2) is 48.7 Å². The van der Waals surface area contributed by atoms with Crippen molar-refractivity contribution in [1.82, 2.24) is 15.3 Å². The summed E-state index contributed by atoms with van der Waals surface area (Å²) in [6.45, 7) is 2.42. The zero-order valence-electron chi connectivity index (χ0n) is 13.7. The molecular weight excluding hydrogens is 300 g/mol. The fourth-order valence-corrected chi connectivity index (χ4v) is 2.73. The van der Waals surface area contributed by atoms with Crippen molar-refractivity contribution in [3.8, 4) is 0 Å². The number of piperidine rings is 1. The second-order valence-corrected chi connectivity index (χ2v) is 5.84. The van der Waals surface area contributed by atoms with E-state index in [1.54, 1.807) is 12.3 Å². The van der Waals surface area contributed by atoms with Crippen LogP contribution in [0.1, 0.15) is 30.7 Å². The summed E-state index contributed by atoms with van der Waals surface area (Å²) < 4.78 is 0. The number of amides is 1. The maximum atomic E-state index is 11.9. The Kier molecular flexibility index (Phi) is 5.56. The molecule has 0 unspecified atom stereocenters. The van der Waals surface area contributed by atoms with Gasteiger partial charge in [-0.3, -0.25) is 4.79 Å². The van der Waals surface area contributed by atoms with Crippen LogP contribution in [0.4, 0.5) is 5.82 Å². The maximum Gasteiger partial charge on any atom is 0.244 e. The number of hydrogen-bond donors (Lipinski definition) is 1. The quantitative estimate of drug-likeness (QED) is 0.860. The number of carbonyl (C=O) groups is 1. The fraction of sp³-hybridized carbons (Fsp3) is 0.316. The summed E-state index contributed by atoms with van der Waals surface area (Å²) in [5, 5.41) is 2.83. The molecule has 5 nitrogen and oxygen atoms in total. The summed E-state index contributed by atoms with van der Waals surface area (Å²) in [6, 6.07) is 11.7. The van der Waals surface area contributed by atoms with E-state index < -0.39 is 0 Å². The molecule has 0 spiro atoms. The molecule has 1 amide bonds. The van der Waals surface area contributed by atoms with Gasteiger partial charge in [0.25, 0.3) is 0 Å². The van der Waals surface area contributed by atoms with E-state index in [9.17, 15) is 4.79 Å². The number of rotatable bonds is 5. The molecule has 3 rings (SSSR count). The number of carbonyl (C=O) groups excluding carboxylic acids is 1. The smallest absolute Gasteiger partial charge is 0.244 e. The van der Waals surface area contributed by atoms with E-state index in [4.69, 9.17) is 0 Å². The van der Waals surface area contributed by atoms with Crippen molar-refractivity contribution < 1.29 is 4.79 Å². The molecule has 2 aromatic rings. The van der Waals surface area contributed by atoms with Gasteiger partial charge in [0.15, 0.2) is 0 Å². The Balaban J connectivity index is 1.54. The van der Waals surface area contributed by atoms with E-state index in [0.29, 0.717) is 12.4 Å². The highest BCUT2D eigenvalue weighted by molar-refractivity contribution is 5.91. The Morgan fingerprint density at radius 1 is 1.12 bits per heavy atom. The normalized spacial score (nSPS) is 14.8. The summed E-state index contributed by atoms with van der Waals surface area (Å²) >= 11 is 0. The van der Waals surface area contributed by atoms with E-state index in [2.05, 4.69) is 20.2 Å². The topological polar surface area (TPSA) is 58.1 Å². The molecule has 0 atom stereocenters. The minimum atomic E-state index is -0.147. The highest BCUT2D eigenvalue weighted by Crippen LogP contribution is 2.16. The van der Waals surface area contributed by atoms with Crippen LogP contribution in [0.25, 0.3) is 6.08 Å². The molecule has 1 aliphatic heterocycles. The van der Waals surface area contributed by atoms with Crippen LogP contribution in [-0.2, 0) is 11.3 Å². The third kappa shape index (κ3) is 4.65. The second kappa shape index (κ2) is 8.24. The molecule has 0 saturated carbocycles. The van der Waals surface area contributed by atoms with Crippen LogP contribution < -0.4 is 10.2 Å². The van der Waals surface area contributed by atoms with E-state index in [1.165, 1.54) is 25.3 Å². The molecule has 1 aromatic carbocycles. The average molecular weight is 322 g/mol. The first kappa shape index (κ1) is 16.2. The number of nitrogens with one attached hydrogen (secondary N) is 1. The van der Waals surface area contributed by atoms with Crippen LogP contribution in [0.3, 0.4) is 0 Å². The largest absolute Gasteiger partial charge is 0.357 e. The molecule has 1 N–H and O–H groups in total. The SMILES string of the molecule is O=C(/C=C/c1ccccc1)NCc1nccc(N2CCCCC2)n1. The van der Waals surface area contributed by atoms with Gasteiger partial charge >= 0.3 is 0 Å². The predicted octanol–water partition coefficient (Wildman–Crippen LogP) is 2.80. The minimum Gasteiger partial charge on any atom is -0.357 e. The molecule has 1 aromatic heterocycles. The molecule has 5 heteroatoms. The van der Waals surface area contributed by atoms with Gasteiger partial charge in [-0.25, -0.2) is 9.97 Å². The van der Waals surface area contributed by atoms with E-state index in [0.717, 1.165) is 24.5 Å². The molecule has 24 heavy (non-hydrogen) atoms. The highest BCUT2D eigenvalue weighted by atomic mass is 16.1. The van der Waals surface area contributed by atoms with Crippen molar-refractivity contribution in [1.29, 1.82) is 0 Å². The third-order valence-electron chi connectivity index (χ3n) is 4.02. The first-order chi connectivity index (χ1) is 11.8. The zero-order valence-corrected chi connectivity index (χ0v) is 13.7. The maximum absolute atomic E-state index is 11.9. The number of benzene rings is 1. The number of anilines is 1. The molecule has 1 aliphatic rings. The Bertz CT molecular complexity index is 694. The first-order valence-corrected chi connectivity index (χ1v) is 8.39. The van der Waals surface area contributed by atoms with Gasteiger partial charge in [0.1, 0.15) is 11.6 Å². The Labute approximate surface area is 142 Å². The van der Waals surface area contributed by atoms with Gasteiger partial charge in [-0.2, -0.15) is 0 Å². The standard InChI is InChI=1S/C19H22N4O/c24-19(10-9-16-7-3-1-4-8-16)21-15-17-20-12-11-18(22-17)23-13-5-2-6-14-23/h1,3-4,7-12H,2,5-6,13-15H2,(H,21,24)/b10-9+. The summed E-state index contributed by atoms with van der Waals surface area (Å²) in [6.07, 6.45) is 8.79. The Hall–Kier alpha value is -2.69. The molecule has 1 saturated heterocycles. The Morgan fingerprint density at radius 2 is 1.92 bits per heavy atom. The molecular formula is C19H22N4O. The van der Waals surface area contributed by atoms with Gasteiger partial charge in [0, 0.05) is 25.4 Å². The van der Waals surface area contributed by atoms with Crippen molar-refractivity contribution in [2.45, 2.75) is 25.8 Å². The molecule has 2 heterocycles. The third-order valence-corrected chi connectivity index (χ3v) is 4.02. The Morgan fingerprint density at radius 3 is 2.71 bits per heavy atom. The predicted molar refractivity (Wildman–Crippen MR) is 95.4 cm³/mol. The van der Waals surface area contributed by atoms with Crippen LogP contribution in [0.2, 0.25) is 0 Å². The molecule has 124 valence electrons. The summed E-state index contributed by atoms with van der Waals surface area (Å²) in [7, 11) is 0. The van der Waals surface area contributed by atoms with Crippen LogP contribution in [0.5, 0.6) is 0 Å². The number of hydrogen-bond acceptors (Lipinski definition) is 4. The van der Waals surface area contributed by atoms with Crippen molar-refractivity contribution in [3.05, 3.63) is 60.1 Å². The highest BCUT2D eigenvalue weighted by Gasteiger charge is 2.12. The second-order valence-electron chi connectivity index (χ2n) is 5.84. The monoisotopic (exact) mass is 322 g/mol. The van der Waals surface area contributed by atoms with Crippen LogP contribution >= 0.6 is 0 Å². The summed E-state index contributed by atoms with van der Waals surface area (Å²) in [5.41, 5.74) is 0.996. The zero-order chi connectivity index (χ0) is 16.6. The van der Waals surface area contributed by atoms with Gasteiger partial charge in [-0.05, 0) is 37.0 Å². The van der Waals surface area contributed by atoms with E-state index in [1.807, 2.05) is 36.4 Å². The van der Waals surface area contributed by atoms with Crippen molar-refractivity contribution in [2.24, 2.45) is 0 Å². The van der Waals surface area contributed by atoms with Gasteiger partial charge in [-0.1, -0.05) is 30.3 Å². The van der Waals surface area contributed by atoms with E-state index >= 15 is 0 Å². The van der Waals surface area contributed by atoms with E-state index in [-0.39, 0.29) is 5.91 Å². The number of nitrogens with zero attached hydrogens (tertiary/aromatic N) is 3. The van der Waals surface area contributed by atoms with Crippen molar-refractivity contribution in [3.63, 3.8) is 0 Å².